The molecule has 1 N–H and O–H groups in total. The van der Waals surface area contributed by atoms with Gasteiger partial charge in [-0.15, -0.1) is 0 Å². The summed E-state index contributed by atoms with van der Waals surface area (Å²) in [6.07, 6.45) is 19.4. The van der Waals surface area contributed by atoms with Crippen molar-refractivity contribution >= 4 is 5.97 Å². The number of carboxylic acids is 1. The van der Waals surface area contributed by atoms with Crippen molar-refractivity contribution in [1.82, 2.24) is 0 Å². The highest BCUT2D eigenvalue weighted by atomic mass is 16.4. The number of rotatable bonds is 12. The Kier molecular flexibility index (Phi) is 9.48. The summed E-state index contributed by atoms with van der Waals surface area (Å²) in [5.41, 5.74) is 1.71. The Morgan fingerprint density at radius 3 is 2.05 bits per heavy atom. The van der Waals surface area contributed by atoms with Gasteiger partial charge in [-0.1, -0.05) is 56.6 Å². The van der Waals surface area contributed by atoms with Crippen LogP contribution in [0.5, 0.6) is 0 Å². The van der Waals surface area contributed by atoms with E-state index in [0.717, 1.165) is 12.8 Å². The Hall–Kier alpha value is -0.790. The van der Waals surface area contributed by atoms with E-state index in [1.807, 2.05) is 0 Å². The molecule has 0 aromatic carbocycles. The molecule has 19 heavy (non-hydrogen) atoms. The van der Waals surface area contributed by atoms with Crippen molar-refractivity contribution in [3.63, 3.8) is 0 Å². The van der Waals surface area contributed by atoms with Crippen molar-refractivity contribution in [2.75, 3.05) is 0 Å². The van der Waals surface area contributed by atoms with Gasteiger partial charge in [-0.3, -0.25) is 4.79 Å². The molecule has 0 atom stereocenters. The third-order valence-electron chi connectivity index (χ3n) is 4.02. The largest absolute Gasteiger partial charge is 0.481 e. The highest BCUT2D eigenvalue weighted by molar-refractivity contribution is 5.66. The summed E-state index contributed by atoms with van der Waals surface area (Å²) < 4.78 is 0. The van der Waals surface area contributed by atoms with E-state index in [2.05, 4.69) is 6.08 Å². The number of hydrogen-bond donors (Lipinski definition) is 1. The van der Waals surface area contributed by atoms with Gasteiger partial charge in [-0.25, -0.2) is 0 Å². The average Bonchev–Trinajstić information content (AvgIpc) is 2.88. The molecule has 0 saturated heterocycles. The predicted molar refractivity (Wildman–Crippen MR) is 80.4 cm³/mol. The number of allylic oxidation sites excluding steroid dienone is 2. The van der Waals surface area contributed by atoms with E-state index in [1.165, 1.54) is 70.6 Å². The van der Waals surface area contributed by atoms with Gasteiger partial charge in [-0.05, 0) is 38.5 Å². The van der Waals surface area contributed by atoms with Crippen molar-refractivity contribution in [2.45, 2.75) is 89.9 Å². The fourth-order valence-electron chi connectivity index (χ4n) is 2.83. The van der Waals surface area contributed by atoms with Crippen LogP contribution in [0.25, 0.3) is 0 Å². The lowest BCUT2D eigenvalue weighted by Gasteiger charge is -2.03. The van der Waals surface area contributed by atoms with E-state index < -0.39 is 5.97 Å². The molecule has 0 aliphatic heterocycles. The first-order chi connectivity index (χ1) is 9.29. The minimum atomic E-state index is -0.655. The van der Waals surface area contributed by atoms with Crippen molar-refractivity contribution in [1.29, 1.82) is 0 Å². The lowest BCUT2D eigenvalue weighted by molar-refractivity contribution is -0.137. The van der Waals surface area contributed by atoms with Crippen LogP contribution in [0.2, 0.25) is 0 Å². The Balaban J connectivity index is 1.72. The SMILES string of the molecule is O=C(O)CCCCCCCCCCCC1=CCCC1. The van der Waals surface area contributed by atoms with Crippen molar-refractivity contribution in [3.8, 4) is 0 Å². The van der Waals surface area contributed by atoms with Gasteiger partial charge >= 0.3 is 5.97 Å². The summed E-state index contributed by atoms with van der Waals surface area (Å²) in [6, 6.07) is 0. The first-order valence-electron chi connectivity index (χ1n) is 8.19. The Morgan fingerprint density at radius 1 is 0.947 bits per heavy atom. The minimum Gasteiger partial charge on any atom is -0.481 e. The van der Waals surface area contributed by atoms with Crippen molar-refractivity contribution in [3.05, 3.63) is 11.6 Å². The summed E-state index contributed by atoms with van der Waals surface area (Å²) in [5.74, 6) is -0.655. The summed E-state index contributed by atoms with van der Waals surface area (Å²) in [5, 5.41) is 8.51. The van der Waals surface area contributed by atoms with Crippen LogP contribution in [0, 0.1) is 0 Å². The van der Waals surface area contributed by atoms with Crippen molar-refractivity contribution < 1.29 is 9.90 Å². The average molecular weight is 266 g/mol. The van der Waals surface area contributed by atoms with Gasteiger partial charge in [0.1, 0.15) is 0 Å². The van der Waals surface area contributed by atoms with Crippen LogP contribution in [0.1, 0.15) is 89.9 Å². The summed E-state index contributed by atoms with van der Waals surface area (Å²) in [4.78, 5) is 10.3. The van der Waals surface area contributed by atoms with Crippen molar-refractivity contribution in [2.24, 2.45) is 0 Å². The van der Waals surface area contributed by atoms with Crippen LogP contribution in [-0.4, -0.2) is 11.1 Å². The number of aliphatic carboxylic acids is 1. The highest BCUT2D eigenvalue weighted by Crippen LogP contribution is 2.23. The van der Waals surface area contributed by atoms with Gasteiger partial charge in [0.05, 0.1) is 0 Å². The van der Waals surface area contributed by atoms with Crippen LogP contribution in [0.15, 0.2) is 11.6 Å². The van der Waals surface area contributed by atoms with Gasteiger partial charge < -0.3 is 5.11 Å². The Morgan fingerprint density at radius 2 is 1.53 bits per heavy atom. The molecular weight excluding hydrogens is 236 g/mol. The van der Waals surface area contributed by atoms with E-state index in [0.29, 0.717) is 6.42 Å². The number of unbranched alkanes of at least 4 members (excludes halogenated alkanes) is 8. The maximum Gasteiger partial charge on any atom is 0.303 e. The second-order valence-electron chi connectivity index (χ2n) is 5.83. The first kappa shape index (κ1) is 16.3. The van der Waals surface area contributed by atoms with Gasteiger partial charge in [0, 0.05) is 6.42 Å². The second-order valence-corrected chi connectivity index (χ2v) is 5.83. The zero-order valence-electron chi connectivity index (χ0n) is 12.3. The topological polar surface area (TPSA) is 37.3 Å². The van der Waals surface area contributed by atoms with E-state index >= 15 is 0 Å². The third kappa shape index (κ3) is 9.75. The summed E-state index contributed by atoms with van der Waals surface area (Å²) in [7, 11) is 0. The molecule has 0 spiro atoms. The molecule has 0 fully saturated rings. The smallest absolute Gasteiger partial charge is 0.303 e. The van der Waals surface area contributed by atoms with Crippen LogP contribution < -0.4 is 0 Å². The van der Waals surface area contributed by atoms with E-state index in [-0.39, 0.29) is 0 Å². The maximum absolute atomic E-state index is 10.3. The highest BCUT2D eigenvalue weighted by Gasteiger charge is 2.03. The van der Waals surface area contributed by atoms with E-state index in [9.17, 15) is 4.79 Å². The summed E-state index contributed by atoms with van der Waals surface area (Å²) in [6.45, 7) is 0. The van der Waals surface area contributed by atoms with Gasteiger partial charge in [0.15, 0.2) is 0 Å². The minimum absolute atomic E-state index is 0.343. The molecule has 0 aromatic heterocycles. The normalized spacial score (nSPS) is 14.6. The summed E-state index contributed by atoms with van der Waals surface area (Å²) >= 11 is 0. The fourth-order valence-corrected chi connectivity index (χ4v) is 2.83. The molecule has 1 rings (SSSR count). The molecule has 0 heterocycles. The predicted octanol–water partition coefficient (Wildman–Crippen LogP) is 5.47. The van der Waals surface area contributed by atoms with Crippen LogP contribution >= 0.6 is 0 Å². The van der Waals surface area contributed by atoms with E-state index in [1.54, 1.807) is 5.57 Å². The second kappa shape index (κ2) is 11.1. The molecule has 0 aromatic rings. The lowest BCUT2D eigenvalue weighted by atomic mass is 10.0. The van der Waals surface area contributed by atoms with E-state index in [4.69, 9.17) is 5.11 Å². The van der Waals surface area contributed by atoms with Crippen LogP contribution in [-0.2, 0) is 4.79 Å². The monoisotopic (exact) mass is 266 g/mol. The Labute approximate surface area is 118 Å². The molecule has 0 bridgehead atoms. The molecule has 0 radical (unpaired) electrons. The fraction of sp³-hybridized carbons (Fsp3) is 0.824. The molecule has 1 aliphatic rings. The van der Waals surface area contributed by atoms with Crippen LogP contribution in [0.3, 0.4) is 0 Å². The number of carboxylic acid groups (broad SMARTS) is 1. The molecule has 0 unspecified atom stereocenters. The lowest BCUT2D eigenvalue weighted by Crippen LogP contribution is -1.93. The molecule has 0 amide bonds. The standard InChI is InChI=1S/C17H30O2/c18-17(19)15-9-7-5-3-1-2-4-6-8-12-16-13-10-11-14-16/h13H,1-12,14-15H2,(H,18,19). The van der Waals surface area contributed by atoms with Crippen LogP contribution in [0.4, 0.5) is 0 Å². The zero-order chi connectivity index (χ0) is 13.8. The molecule has 110 valence electrons. The molecule has 0 saturated carbocycles. The quantitative estimate of drug-likeness (QED) is 0.375. The molecule has 2 nitrogen and oxygen atoms in total. The first-order valence-corrected chi connectivity index (χ1v) is 8.19. The third-order valence-corrected chi connectivity index (χ3v) is 4.02. The van der Waals surface area contributed by atoms with Gasteiger partial charge in [0.25, 0.3) is 0 Å². The number of carbonyl (C=O) groups is 1. The zero-order valence-corrected chi connectivity index (χ0v) is 12.3. The van der Waals surface area contributed by atoms with Gasteiger partial charge in [0.2, 0.25) is 0 Å². The molecule has 2 heteroatoms. The van der Waals surface area contributed by atoms with Gasteiger partial charge in [-0.2, -0.15) is 0 Å². The molecule has 1 aliphatic carbocycles. The molecular formula is C17H30O2. The Bertz CT molecular complexity index is 268. The maximum atomic E-state index is 10.3. The number of hydrogen-bond acceptors (Lipinski definition) is 1.